The number of aromatic nitrogens is 2. The molecule has 2 N–H and O–H groups in total. The number of hydrogen-bond donors (Lipinski definition) is 2. The Bertz CT molecular complexity index is 859. The number of hydrogen-bond acceptors (Lipinski definition) is 5. The summed E-state index contributed by atoms with van der Waals surface area (Å²) in [6.07, 6.45) is 4.37. The van der Waals surface area contributed by atoms with Crippen LogP contribution >= 0.6 is 11.3 Å². The Labute approximate surface area is 150 Å². The molecule has 0 bridgehead atoms. The molecule has 0 aliphatic rings. The number of pyridine rings is 1. The molecular formula is C19H19N3O2S. The van der Waals surface area contributed by atoms with Crippen LogP contribution in [0.1, 0.15) is 22.4 Å². The monoisotopic (exact) mass is 353 g/mol. The standard InChI is InChI=1S/C19H19N3O2S/c1-13-8-9-20-17(10-13)21-11-16-12-22-19(25-16)15-5-2-14(3-6-15)4-7-18(23)24/h2-3,5-6,8-10,12H,4,7,11H2,1H3,(H,20,21)(H,23,24). The smallest absolute Gasteiger partial charge is 0.303 e. The number of anilines is 1. The van der Waals surface area contributed by atoms with Crippen LogP contribution in [0.4, 0.5) is 5.82 Å². The summed E-state index contributed by atoms with van der Waals surface area (Å²) >= 11 is 1.64. The van der Waals surface area contributed by atoms with E-state index in [4.69, 9.17) is 5.11 Å². The summed E-state index contributed by atoms with van der Waals surface area (Å²) in [4.78, 5) is 20.5. The molecule has 0 amide bonds. The predicted molar refractivity (Wildman–Crippen MR) is 99.8 cm³/mol. The summed E-state index contributed by atoms with van der Waals surface area (Å²) in [6.45, 7) is 2.72. The van der Waals surface area contributed by atoms with Crippen LogP contribution in [0.15, 0.2) is 48.8 Å². The molecule has 0 unspecified atom stereocenters. The first-order valence-corrected chi connectivity index (χ1v) is 8.84. The second-order valence-corrected chi connectivity index (χ2v) is 6.91. The molecule has 2 heterocycles. The summed E-state index contributed by atoms with van der Waals surface area (Å²) in [7, 11) is 0. The van der Waals surface area contributed by atoms with Crippen LogP contribution in [0, 0.1) is 6.92 Å². The quantitative estimate of drug-likeness (QED) is 0.667. The SMILES string of the molecule is Cc1ccnc(NCc2cnc(-c3ccc(CCC(=O)O)cc3)s2)c1. The van der Waals surface area contributed by atoms with Gasteiger partial charge in [-0.3, -0.25) is 4.79 Å². The van der Waals surface area contributed by atoms with Crippen molar-refractivity contribution >= 4 is 23.1 Å². The van der Waals surface area contributed by atoms with Crippen LogP contribution in [0.3, 0.4) is 0 Å². The molecule has 2 aromatic heterocycles. The minimum absolute atomic E-state index is 0.152. The summed E-state index contributed by atoms with van der Waals surface area (Å²) < 4.78 is 0. The zero-order valence-electron chi connectivity index (χ0n) is 13.9. The fourth-order valence-corrected chi connectivity index (χ4v) is 3.26. The molecule has 0 fully saturated rings. The van der Waals surface area contributed by atoms with E-state index in [0.717, 1.165) is 26.8 Å². The normalized spacial score (nSPS) is 10.6. The van der Waals surface area contributed by atoms with Gasteiger partial charge in [-0.2, -0.15) is 0 Å². The third-order valence-corrected chi connectivity index (χ3v) is 4.79. The molecule has 0 saturated heterocycles. The number of rotatable bonds is 7. The van der Waals surface area contributed by atoms with Crippen molar-refractivity contribution in [1.29, 1.82) is 0 Å². The predicted octanol–water partition coefficient (Wildman–Crippen LogP) is 4.14. The van der Waals surface area contributed by atoms with Gasteiger partial charge >= 0.3 is 5.97 Å². The van der Waals surface area contributed by atoms with Crippen molar-refractivity contribution in [3.8, 4) is 10.6 Å². The molecule has 128 valence electrons. The minimum atomic E-state index is -0.774. The van der Waals surface area contributed by atoms with E-state index in [2.05, 4.69) is 15.3 Å². The van der Waals surface area contributed by atoms with E-state index in [-0.39, 0.29) is 6.42 Å². The Morgan fingerprint density at radius 1 is 1.20 bits per heavy atom. The second-order valence-electron chi connectivity index (χ2n) is 5.79. The minimum Gasteiger partial charge on any atom is -0.481 e. The van der Waals surface area contributed by atoms with E-state index in [1.54, 1.807) is 17.5 Å². The van der Waals surface area contributed by atoms with E-state index < -0.39 is 5.97 Å². The number of nitrogens with zero attached hydrogens (tertiary/aromatic N) is 2. The van der Waals surface area contributed by atoms with Gasteiger partial charge in [0, 0.05) is 29.3 Å². The lowest BCUT2D eigenvalue weighted by Gasteiger charge is -2.03. The van der Waals surface area contributed by atoms with Crippen molar-refractivity contribution in [2.45, 2.75) is 26.3 Å². The summed E-state index contributed by atoms with van der Waals surface area (Å²) in [5.74, 6) is 0.0852. The van der Waals surface area contributed by atoms with Crippen molar-refractivity contribution in [1.82, 2.24) is 9.97 Å². The molecule has 0 aliphatic heterocycles. The highest BCUT2D eigenvalue weighted by Crippen LogP contribution is 2.26. The van der Waals surface area contributed by atoms with Crippen molar-refractivity contribution in [3.63, 3.8) is 0 Å². The number of thiazole rings is 1. The first-order valence-electron chi connectivity index (χ1n) is 8.02. The molecule has 1 aromatic carbocycles. The Balaban J connectivity index is 1.61. The molecule has 0 radical (unpaired) electrons. The zero-order chi connectivity index (χ0) is 17.6. The Hall–Kier alpha value is -2.73. The van der Waals surface area contributed by atoms with Crippen LogP contribution in [0.2, 0.25) is 0 Å². The first-order chi connectivity index (χ1) is 12.1. The number of aryl methyl sites for hydroxylation is 2. The number of carbonyl (C=O) groups is 1. The lowest BCUT2D eigenvalue weighted by molar-refractivity contribution is -0.136. The second kappa shape index (κ2) is 7.90. The Kier molecular flexibility index (Phi) is 5.40. The Morgan fingerprint density at radius 3 is 2.72 bits per heavy atom. The number of nitrogens with one attached hydrogen (secondary N) is 1. The van der Waals surface area contributed by atoms with Gasteiger partial charge in [-0.05, 0) is 36.6 Å². The lowest BCUT2D eigenvalue weighted by Crippen LogP contribution is -1.99. The number of benzene rings is 1. The average Bonchev–Trinajstić information content (AvgIpc) is 3.08. The molecule has 0 saturated carbocycles. The average molecular weight is 353 g/mol. The summed E-state index contributed by atoms with van der Waals surface area (Å²) in [5.41, 5.74) is 3.24. The highest BCUT2D eigenvalue weighted by atomic mass is 32.1. The van der Waals surface area contributed by atoms with E-state index >= 15 is 0 Å². The molecular weight excluding hydrogens is 334 g/mol. The topological polar surface area (TPSA) is 75.1 Å². The van der Waals surface area contributed by atoms with E-state index in [1.165, 1.54) is 5.56 Å². The first kappa shape index (κ1) is 17.1. The van der Waals surface area contributed by atoms with Crippen molar-refractivity contribution in [3.05, 3.63) is 64.8 Å². The summed E-state index contributed by atoms with van der Waals surface area (Å²) in [5, 5.41) is 13.0. The van der Waals surface area contributed by atoms with Gasteiger partial charge in [0.05, 0.1) is 6.54 Å². The highest BCUT2D eigenvalue weighted by Gasteiger charge is 2.06. The third kappa shape index (κ3) is 4.87. The van der Waals surface area contributed by atoms with Crippen molar-refractivity contribution in [2.75, 3.05) is 5.32 Å². The molecule has 5 nitrogen and oxygen atoms in total. The maximum atomic E-state index is 10.6. The van der Waals surface area contributed by atoms with Gasteiger partial charge in [-0.25, -0.2) is 9.97 Å². The van der Waals surface area contributed by atoms with Gasteiger partial charge in [0.2, 0.25) is 0 Å². The maximum Gasteiger partial charge on any atom is 0.303 e. The molecule has 0 atom stereocenters. The molecule has 3 aromatic rings. The molecule has 3 rings (SSSR count). The van der Waals surface area contributed by atoms with E-state index in [0.29, 0.717) is 13.0 Å². The zero-order valence-corrected chi connectivity index (χ0v) is 14.7. The number of carboxylic acid groups (broad SMARTS) is 1. The third-order valence-electron chi connectivity index (χ3n) is 3.74. The van der Waals surface area contributed by atoms with Crippen LogP contribution in [0.5, 0.6) is 0 Å². The van der Waals surface area contributed by atoms with Crippen LogP contribution in [0.25, 0.3) is 10.6 Å². The molecule has 0 spiro atoms. The van der Waals surface area contributed by atoms with Crippen LogP contribution in [-0.2, 0) is 17.8 Å². The van der Waals surface area contributed by atoms with Crippen molar-refractivity contribution in [2.24, 2.45) is 0 Å². The van der Waals surface area contributed by atoms with E-state index in [1.807, 2.05) is 49.5 Å². The van der Waals surface area contributed by atoms with Gasteiger partial charge in [0.15, 0.2) is 0 Å². The number of carboxylic acids is 1. The lowest BCUT2D eigenvalue weighted by atomic mass is 10.1. The highest BCUT2D eigenvalue weighted by molar-refractivity contribution is 7.15. The van der Waals surface area contributed by atoms with E-state index in [9.17, 15) is 4.79 Å². The summed E-state index contributed by atoms with van der Waals surface area (Å²) in [6, 6.07) is 11.9. The fraction of sp³-hybridized carbons (Fsp3) is 0.211. The molecule has 6 heteroatoms. The van der Waals surface area contributed by atoms with Gasteiger partial charge < -0.3 is 10.4 Å². The van der Waals surface area contributed by atoms with Gasteiger partial charge in [-0.15, -0.1) is 11.3 Å². The molecule has 0 aliphatic carbocycles. The van der Waals surface area contributed by atoms with Gasteiger partial charge in [0.25, 0.3) is 0 Å². The van der Waals surface area contributed by atoms with Crippen molar-refractivity contribution < 1.29 is 9.90 Å². The largest absolute Gasteiger partial charge is 0.481 e. The van der Waals surface area contributed by atoms with Crippen LogP contribution < -0.4 is 5.32 Å². The van der Waals surface area contributed by atoms with Gasteiger partial charge in [-0.1, -0.05) is 24.3 Å². The number of aliphatic carboxylic acids is 1. The maximum absolute atomic E-state index is 10.6. The fourth-order valence-electron chi connectivity index (χ4n) is 2.40. The molecule has 25 heavy (non-hydrogen) atoms. The van der Waals surface area contributed by atoms with Gasteiger partial charge in [0.1, 0.15) is 10.8 Å². The Morgan fingerprint density at radius 2 is 2.00 bits per heavy atom. The van der Waals surface area contributed by atoms with Crippen LogP contribution in [-0.4, -0.2) is 21.0 Å².